The molecule has 2 fully saturated rings. The molecule has 0 bridgehead atoms. The summed E-state index contributed by atoms with van der Waals surface area (Å²) >= 11 is 0. The molecule has 1 aliphatic carbocycles. The number of nitrogens with two attached hydrogens (primary N) is 1. The number of halogens is 3. The maximum absolute atomic E-state index is 13.0. The predicted octanol–water partition coefficient (Wildman–Crippen LogP) is 1.11. The van der Waals surface area contributed by atoms with Crippen molar-refractivity contribution in [3.8, 4) is 0 Å². The first-order valence-corrected chi connectivity index (χ1v) is 7.99. The van der Waals surface area contributed by atoms with Gasteiger partial charge in [0.25, 0.3) is 0 Å². The van der Waals surface area contributed by atoms with Gasteiger partial charge in [-0.05, 0) is 19.3 Å². The van der Waals surface area contributed by atoms with Crippen LogP contribution in [0.4, 0.5) is 24.8 Å². The summed E-state index contributed by atoms with van der Waals surface area (Å²) in [5, 5.41) is 2.46. The minimum absolute atomic E-state index is 0.0838. The van der Waals surface area contributed by atoms with Crippen molar-refractivity contribution in [1.82, 2.24) is 15.3 Å². The van der Waals surface area contributed by atoms with Crippen LogP contribution in [0.25, 0.3) is 0 Å². The number of ether oxygens (including phenoxy) is 1. The van der Waals surface area contributed by atoms with Crippen molar-refractivity contribution in [1.29, 1.82) is 0 Å². The molecule has 1 saturated heterocycles. The van der Waals surface area contributed by atoms with E-state index in [2.05, 4.69) is 15.3 Å². The van der Waals surface area contributed by atoms with E-state index in [4.69, 9.17) is 10.5 Å². The highest BCUT2D eigenvalue weighted by Crippen LogP contribution is 2.57. The molecule has 1 aromatic rings. The van der Waals surface area contributed by atoms with Gasteiger partial charge < -0.3 is 20.7 Å². The highest BCUT2D eigenvalue weighted by atomic mass is 19.4. The van der Waals surface area contributed by atoms with Gasteiger partial charge in [0.1, 0.15) is 23.4 Å². The summed E-state index contributed by atoms with van der Waals surface area (Å²) in [6, 6.07) is 1.36. The normalized spacial score (nSPS) is 25.0. The van der Waals surface area contributed by atoms with Gasteiger partial charge in [0.05, 0.1) is 12.1 Å². The number of carbonyl (C=O) groups is 1. The molecule has 2 atom stereocenters. The summed E-state index contributed by atoms with van der Waals surface area (Å²) in [4.78, 5) is 21.9. The molecule has 1 aromatic heterocycles. The summed E-state index contributed by atoms with van der Waals surface area (Å²) in [7, 11) is 1.57. The summed E-state index contributed by atoms with van der Waals surface area (Å²) in [5.41, 5.74) is 3.46. The van der Waals surface area contributed by atoms with Gasteiger partial charge in [-0.2, -0.15) is 13.2 Å². The first kappa shape index (κ1) is 17.7. The van der Waals surface area contributed by atoms with Crippen LogP contribution in [0.5, 0.6) is 0 Å². The van der Waals surface area contributed by atoms with E-state index in [-0.39, 0.29) is 31.5 Å². The Morgan fingerprint density at radius 2 is 2.20 bits per heavy atom. The Morgan fingerprint density at radius 3 is 2.76 bits per heavy atom. The number of nitrogens with one attached hydrogen (secondary N) is 1. The molecule has 25 heavy (non-hydrogen) atoms. The molecule has 2 heterocycles. The number of methoxy groups -OCH3 is 1. The van der Waals surface area contributed by atoms with Gasteiger partial charge in [0.2, 0.25) is 5.91 Å². The number of amides is 1. The zero-order chi connectivity index (χ0) is 18.2. The standard InChI is InChI=1S/C15H20F3N5O2/c1-25-10-4-9(23(7-10)12-5-11(19)21-8-22-12)6-20-13(24)14(2-3-14)15(16,17)18/h5,8-10H,2-4,6-7H2,1H3,(H,20,24)(H2,19,21,22)/t9-,10-/m1/s1. The Bertz CT molecular complexity index is 650. The second kappa shape index (κ2) is 6.32. The van der Waals surface area contributed by atoms with Crippen LogP contribution in [0.2, 0.25) is 0 Å². The third kappa shape index (κ3) is 3.35. The third-order valence-electron chi connectivity index (χ3n) is 4.90. The molecule has 1 saturated carbocycles. The Morgan fingerprint density at radius 1 is 1.48 bits per heavy atom. The number of anilines is 2. The fourth-order valence-corrected chi connectivity index (χ4v) is 3.18. The first-order chi connectivity index (χ1) is 11.8. The zero-order valence-electron chi connectivity index (χ0n) is 13.7. The largest absolute Gasteiger partial charge is 0.403 e. The number of hydrogen-bond donors (Lipinski definition) is 2. The van der Waals surface area contributed by atoms with Crippen LogP contribution in [-0.2, 0) is 9.53 Å². The highest BCUT2D eigenvalue weighted by Gasteiger charge is 2.68. The lowest BCUT2D eigenvalue weighted by Gasteiger charge is -2.27. The Balaban J connectivity index is 1.68. The number of rotatable bonds is 5. The van der Waals surface area contributed by atoms with Crippen molar-refractivity contribution in [2.45, 2.75) is 37.6 Å². The minimum atomic E-state index is -4.51. The monoisotopic (exact) mass is 359 g/mol. The third-order valence-corrected chi connectivity index (χ3v) is 4.90. The topological polar surface area (TPSA) is 93.4 Å². The quantitative estimate of drug-likeness (QED) is 0.818. The molecule has 0 aromatic carbocycles. The van der Waals surface area contributed by atoms with Gasteiger partial charge in [0.15, 0.2) is 0 Å². The SMILES string of the molecule is CO[C@@H]1C[C@H](CNC(=O)C2(C(F)(F)F)CC2)N(c2cc(N)ncn2)C1. The number of nitrogens with zero attached hydrogens (tertiary/aromatic N) is 3. The molecule has 1 amide bonds. The van der Waals surface area contributed by atoms with Crippen molar-refractivity contribution < 1.29 is 22.7 Å². The van der Waals surface area contributed by atoms with Crippen LogP contribution in [-0.4, -0.2) is 54.4 Å². The second-order valence-electron chi connectivity index (χ2n) is 6.49. The van der Waals surface area contributed by atoms with E-state index in [1.165, 1.54) is 6.33 Å². The molecule has 0 spiro atoms. The maximum Gasteiger partial charge on any atom is 0.403 e. The van der Waals surface area contributed by atoms with E-state index < -0.39 is 17.5 Å². The summed E-state index contributed by atoms with van der Waals surface area (Å²) < 4.78 is 44.4. The molecule has 1 aliphatic heterocycles. The van der Waals surface area contributed by atoms with Gasteiger partial charge >= 0.3 is 6.18 Å². The van der Waals surface area contributed by atoms with Gasteiger partial charge in [-0.3, -0.25) is 4.79 Å². The van der Waals surface area contributed by atoms with Crippen LogP contribution in [0, 0.1) is 5.41 Å². The average molecular weight is 359 g/mol. The fraction of sp³-hybridized carbons (Fsp3) is 0.667. The van der Waals surface area contributed by atoms with Crippen molar-refractivity contribution >= 4 is 17.5 Å². The van der Waals surface area contributed by atoms with Crippen LogP contribution in [0.1, 0.15) is 19.3 Å². The van der Waals surface area contributed by atoms with E-state index in [1.54, 1.807) is 13.2 Å². The van der Waals surface area contributed by atoms with E-state index in [0.29, 0.717) is 24.6 Å². The molecule has 3 N–H and O–H groups in total. The smallest absolute Gasteiger partial charge is 0.384 e. The number of nitrogen functional groups attached to an aromatic ring is 1. The summed E-state index contributed by atoms with van der Waals surface area (Å²) in [6.07, 6.45) is -3.03. The van der Waals surface area contributed by atoms with E-state index >= 15 is 0 Å². The number of carbonyl (C=O) groups excluding carboxylic acids is 1. The average Bonchev–Trinajstić information content (AvgIpc) is 3.28. The fourth-order valence-electron chi connectivity index (χ4n) is 3.18. The Hall–Kier alpha value is -2.10. The van der Waals surface area contributed by atoms with E-state index in [0.717, 1.165) is 0 Å². The lowest BCUT2D eigenvalue weighted by atomic mass is 10.1. The van der Waals surface area contributed by atoms with E-state index in [1.807, 2.05) is 4.90 Å². The second-order valence-corrected chi connectivity index (χ2v) is 6.49. The van der Waals surface area contributed by atoms with Crippen molar-refractivity contribution in [2.24, 2.45) is 5.41 Å². The van der Waals surface area contributed by atoms with Crippen LogP contribution < -0.4 is 16.0 Å². The number of hydrogen-bond acceptors (Lipinski definition) is 6. The summed E-state index contributed by atoms with van der Waals surface area (Å²) in [5.74, 6) is -0.103. The van der Waals surface area contributed by atoms with Crippen LogP contribution in [0.15, 0.2) is 12.4 Å². The highest BCUT2D eigenvalue weighted by molar-refractivity contribution is 5.86. The van der Waals surface area contributed by atoms with Crippen molar-refractivity contribution in [2.75, 3.05) is 30.8 Å². The molecular formula is C15H20F3N5O2. The lowest BCUT2D eigenvalue weighted by molar-refractivity contribution is -0.192. The first-order valence-electron chi connectivity index (χ1n) is 7.99. The predicted molar refractivity (Wildman–Crippen MR) is 83.7 cm³/mol. The van der Waals surface area contributed by atoms with Gasteiger partial charge in [0, 0.05) is 26.3 Å². The molecule has 7 nitrogen and oxygen atoms in total. The maximum atomic E-state index is 13.0. The Labute approximate surface area is 142 Å². The zero-order valence-corrected chi connectivity index (χ0v) is 13.7. The molecule has 138 valence electrons. The molecule has 3 rings (SSSR count). The van der Waals surface area contributed by atoms with Crippen LogP contribution in [0.3, 0.4) is 0 Å². The van der Waals surface area contributed by atoms with Gasteiger partial charge in [-0.25, -0.2) is 9.97 Å². The van der Waals surface area contributed by atoms with Crippen molar-refractivity contribution in [3.05, 3.63) is 12.4 Å². The molecular weight excluding hydrogens is 339 g/mol. The van der Waals surface area contributed by atoms with Gasteiger partial charge in [-0.15, -0.1) is 0 Å². The number of alkyl halides is 3. The van der Waals surface area contributed by atoms with E-state index in [9.17, 15) is 18.0 Å². The summed E-state index contributed by atoms with van der Waals surface area (Å²) in [6.45, 7) is 0.596. The molecule has 10 heteroatoms. The molecule has 2 aliphatic rings. The minimum Gasteiger partial charge on any atom is -0.384 e. The van der Waals surface area contributed by atoms with Crippen LogP contribution >= 0.6 is 0 Å². The lowest BCUT2D eigenvalue weighted by Crippen LogP contribution is -2.46. The number of aromatic nitrogens is 2. The van der Waals surface area contributed by atoms with Crippen molar-refractivity contribution in [3.63, 3.8) is 0 Å². The molecule has 0 unspecified atom stereocenters. The Kier molecular flexibility index (Phi) is 4.48. The molecule has 0 radical (unpaired) electrons. The van der Waals surface area contributed by atoms with Gasteiger partial charge in [-0.1, -0.05) is 0 Å².